The smallest absolute Gasteiger partial charge is 0.0243 e. The van der Waals surface area contributed by atoms with Gasteiger partial charge in [0, 0.05) is 37.7 Å². The Morgan fingerprint density at radius 2 is 1.12 bits per heavy atom. The van der Waals surface area contributed by atoms with E-state index in [2.05, 4.69) is 67.9 Å². The molecule has 0 aromatic carbocycles. The molecule has 0 bridgehead atoms. The molecular weight excluding hydrogens is 544 g/mol. The van der Waals surface area contributed by atoms with Crippen molar-refractivity contribution < 1.29 is 36.0 Å². The van der Waals surface area contributed by atoms with Gasteiger partial charge in [0.2, 0.25) is 0 Å². The van der Waals surface area contributed by atoms with Crippen molar-refractivity contribution in [2.24, 2.45) is 0 Å². The van der Waals surface area contributed by atoms with Crippen LogP contribution in [0.2, 0.25) is 0 Å². The fraction of sp³-hybridized carbons (Fsp3) is 0.652. The van der Waals surface area contributed by atoms with Crippen molar-refractivity contribution in [3.8, 4) is 0 Å². The Hall–Kier alpha value is -0.0681. The summed E-state index contributed by atoms with van der Waals surface area (Å²) < 4.78 is 0. The largest absolute Gasteiger partial charge is 0.534 e. The molecule has 0 atom stereocenters. The predicted molar refractivity (Wildman–Crippen MR) is 113 cm³/mol. The zero-order valence-corrected chi connectivity index (χ0v) is 21.3. The topological polar surface area (TPSA) is 23.3 Å². The number of nitrogens with zero attached hydrogens (tertiary/aromatic N) is 1. The standard InChI is InChI=1S/C23H40NO.U/c1-3-5-6-7-8-9-10-11-12-13-14-15-16-17-18-19-20-21-22-24-25-23-4-2;/h8-9,11-12,14-15,17-18H,3-7,10,13,16,19-23H2,1-2H3;/q-1;/b9-8-,12-11-,15-14-,18-17-;. The average Bonchev–Trinajstić information content (AvgIpc) is 2.63. The summed E-state index contributed by atoms with van der Waals surface area (Å²) in [6.45, 7) is 5.92. The van der Waals surface area contributed by atoms with Gasteiger partial charge in [-0.25, -0.2) is 0 Å². The SMILES string of the molecule is CCCCC/C=C\C/C=C\C/C=C\C/C=C\CCCC[N-]OCCC.[U]. The molecule has 0 radical (unpaired) electrons. The first kappa shape index (κ1) is 28.1. The van der Waals surface area contributed by atoms with Crippen molar-refractivity contribution in [3.05, 3.63) is 54.1 Å². The summed E-state index contributed by atoms with van der Waals surface area (Å²) in [5.41, 5.74) is 4.03. The van der Waals surface area contributed by atoms with Crippen molar-refractivity contribution in [2.45, 2.75) is 84.5 Å². The maximum absolute atomic E-state index is 5.10. The molecule has 26 heavy (non-hydrogen) atoms. The summed E-state index contributed by atoms with van der Waals surface area (Å²) in [6, 6.07) is 0. The number of rotatable bonds is 18. The van der Waals surface area contributed by atoms with E-state index in [1.807, 2.05) is 0 Å². The average molecular weight is 585 g/mol. The molecule has 0 spiro atoms. The molecule has 2 nitrogen and oxygen atoms in total. The Bertz CT molecular complexity index is 361. The van der Waals surface area contributed by atoms with E-state index >= 15 is 0 Å². The van der Waals surface area contributed by atoms with Gasteiger partial charge in [-0.2, -0.15) is 0 Å². The van der Waals surface area contributed by atoms with Crippen molar-refractivity contribution in [1.29, 1.82) is 0 Å². The minimum absolute atomic E-state index is 0. The van der Waals surface area contributed by atoms with Crippen LogP contribution in [0.15, 0.2) is 48.6 Å². The van der Waals surface area contributed by atoms with Gasteiger partial charge in [-0.15, -0.1) is 6.54 Å². The monoisotopic (exact) mass is 584 g/mol. The second-order valence-corrected chi connectivity index (χ2v) is 6.27. The van der Waals surface area contributed by atoms with Gasteiger partial charge < -0.3 is 10.3 Å². The molecular formula is C23H40NOU-. The second-order valence-electron chi connectivity index (χ2n) is 6.27. The molecule has 0 rings (SSSR count). The van der Waals surface area contributed by atoms with Crippen LogP contribution in [0.5, 0.6) is 0 Å². The third-order valence-corrected chi connectivity index (χ3v) is 3.71. The summed E-state index contributed by atoms with van der Waals surface area (Å²) in [6.07, 6.45) is 31.0. The van der Waals surface area contributed by atoms with E-state index in [1.54, 1.807) is 0 Å². The van der Waals surface area contributed by atoms with E-state index in [4.69, 9.17) is 4.84 Å². The van der Waals surface area contributed by atoms with E-state index in [-0.39, 0.29) is 31.1 Å². The van der Waals surface area contributed by atoms with Gasteiger partial charge >= 0.3 is 0 Å². The van der Waals surface area contributed by atoms with Gasteiger partial charge in [0.1, 0.15) is 0 Å². The van der Waals surface area contributed by atoms with Crippen LogP contribution in [0, 0.1) is 31.1 Å². The zero-order chi connectivity index (χ0) is 18.3. The van der Waals surface area contributed by atoms with Crippen LogP contribution < -0.4 is 0 Å². The molecule has 0 heterocycles. The van der Waals surface area contributed by atoms with E-state index < -0.39 is 0 Å². The van der Waals surface area contributed by atoms with Crippen molar-refractivity contribution in [3.63, 3.8) is 0 Å². The molecule has 0 saturated carbocycles. The van der Waals surface area contributed by atoms with Gasteiger partial charge in [-0.3, -0.25) is 0 Å². The quantitative estimate of drug-likeness (QED) is 0.0915. The molecule has 3 heteroatoms. The Labute approximate surface area is 187 Å². The van der Waals surface area contributed by atoms with Crippen LogP contribution in [0.3, 0.4) is 0 Å². The molecule has 0 aromatic heterocycles. The van der Waals surface area contributed by atoms with Gasteiger partial charge in [-0.1, -0.05) is 88.1 Å². The molecule has 0 N–H and O–H groups in total. The summed E-state index contributed by atoms with van der Waals surface area (Å²) >= 11 is 0. The third kappa shape index (κ3) is 26.2. The number of hydrogen-bond donors (Lipinski definition) is 0. The minimum Gasteiger partial charge on any atom is -0.534 e. The first-order chi connectivity index (χ1) is 12.4. The number of hydroxylamine groups is 1. The maximum Gasteiger partial charge on any atom is 0.0243 e. The van der Waals surface area contributed by atoms with Crippen LogP contribution >= 0.6 is 0 Å². The van der Waals surface area contributed by atoms with Crippen LogP contribution in [0.1, 0.15) is 84.5 Å². The Balaban J connectivity index is 0. The van der Waals surface area contributed by atoms with Crippen LogP contribution in [0.25, 0.3) is 5.48 Å². The summed E-state index contributed by atoms with van der Waals surface area (Å²) in [5.74, 6) is 0. The van der Waals surface area contributed by atoms with Gasteiger partial charge in [-0.05, 0) is 44.9 Å². The minimum atomic E-state index is 0. The third-order valence-electron chi connectivity index (χ3n) is 3.71. The molecule has 0 aliphatic rings. The molecule has 0 saturated heterocycles. The van der Waals surface area contributed by atoms with Gasteiger partial charge in [0.15, 0.2) is 0 Å². The molecule has 0 unspecified atom stereocenters. The fourth-order valence-corrected chi connectivity index (χ4v) is 2.22. The van der Waals surface area contributed by atoms with E-state index in [0.29, 0.717) is 0 Å². The Kier molecular flexibility index (Phi) is 29.4. The van der Waals surface area contributed by atoms with Gasteiger partial charge in [0.25, 0.3) is 0 Å². The molecule has 0 fully saturated rings. The summed E-state index contributed by atoms with van der Waals surface area (Å²) in [7, 11) is 0. The Morgan fingerprint density at radius 1 is 0.615 bits per heavy atom. The zero-order valence-electron chi connectivity index (χ0n) is 17.2. The predicted octanol–water partition coefficient (Wildman–Crippen LogP) is 7.85. The van der Waals surface area contributed by atoms with Crippen LogP contribution in [-0.4, -0.2) is 13.2 Å². The van der Waals surface area contributed by atoms with Crippen LogP contribution in [0.4, 0.5) is 0 Å². The molecule has 0 aromatic rings. The summed E-state index contributed by atoms with van der Waals surface area (Å²) in [4.78, 5) is 5.10. The van der Waals surface area contributed by atoms with Crippen LogP contribution in [-0.2, 0) is 4.84 Å². The van der Waals surface area contributed by atoms with Crippen molar-refractivity contribution in [1.82, 2.24) is 0 Å². The normalized spacial score (nSPS) is 12.1. The molecule has 148 valence electrons. The fourth-order valence-electron chi connectivity index (χ4n) is 2.22. The first-order valence-corrected chi connectivity index (χ1v) is 10.3. The molecule has 0 aliphatic carbocycles. The molecule has 0 aliphatic heterocycles. The number of allylic oxidation sites excluding steroid dienone is 8. The first-order valence-electron chi connectivity index (χ1n) is 10.3. The van der Waals surface area contributed by atoms with Crippen molar-refractivity contribution >= 4 is 0 Å². The van der Waals surface area contributed by atoms with Gasteiger partial charge in [0.05, 0.1) is 0 Å². The van der Waals surface area contributed by atoms with E-state index in [0.717, 1.165) is 51.7 Å². The van der Waals surface area contributed by atoms with E-state index in [9.17, 15) is 0 Å². The maximum atomic E-state index is 5.10. The van der Waals surface area contributed by atoms with E-state index in [1.165, 1.54) is 32.1 Å². The molecule has 0 amide bonds. The summed E-state index contributed by atoms with van der Waals surface area (Å²) in [5, 5.41) is 0. The number of unbranched alkanes of at least 4 members (excludes halogenated alkanes) is 5. The number of hydrogen-bond acceptors (Lipinski definition) is 1. The second kappa shape index (κ2) is 27.2. The Morgan fingerprint density at radius 3 is 1.62 bits per heavy atom. The van der Waals surface area contributed by atoms with Crippen molar-refractivity contribution in [2.75, 3.05) is 13.2 Å².